The Bertz CT molecular complexity index is 1050. The van der Waals surface area contributed by atoms with Crippen LogP contribution in [0.1, 0.15) is 36.2 Å². The van der Waals surface area contributed by atoms with Gasteiger partial charge in [0.25, 0.3) is 11.8 Å². The molecule has 0 spiro atoms. The van der Waals surface area contributed by atoms with Crippen molar-refractivity contribution in [3.8, 4) is 11.5 Å². The maximum Gasteiger partial charge on any atom is 0.291 e. The van der Waals surface area contributed by atoms with Crippen LogP contribution >= 0.6 is 0 Å². The van der Waals surface area contributed by atoms with Gasteiger partial charge in [0.2, 0.25) is 5.76 Å². The highest BCUT2D eigenvalue weighted by Crippen LogP contribution is 2.32. The fourth-order valence-corrected chi connectivity index (χ4v) is 3.73. The van der Waals surface area contributed by atoms with Gasteiger partial charge in [-0.25, -0.2) is 0 Å². The molecule has 3 aromatic rings. The second kappa shape index (κ2) is 9.55. The Labute approximate surface area is 180 Å². The number of furan rings is 1. The minimum absolute atomic E-state index is 0.167. The monoisotopic (exact) mass is 422 g/mol. The average molecular weight is 422 g/mol. The van der Waals surface area contributed by atoms with Crippen LogP contribution in [-0.4, -0.2) is 43.5 Å². The van der Waals surface area contributed by atoms with Crippen molar-refractivity contribution >= 4 is 28.5 Å². The van der Waals surface area contributed by atoms with Crippen LogP contribution in [0.15, 0.2) is 52.9 Å². The Hall–Kier alpha value is -3.48. The van der Waals surface area contributed by atoms with Gasteiger partial charge in [-0.3, -0.25) is 9.59 Å². The summed E-state index contributed by atoms with van der Waals surface area (Å²) in [7, 11) is 1.59. The number of ether oxygens (including phenoxy) is 2. The molecular formula is C24H26N2O5. The van der Waals surface area contributed by atoms with Crippen molar-refractivity contribution in [2.24, 2.45) is 0 Å². The number of carbonyl (C=O) groups is 2. The van der Waals surface area contributed by atoms with Crippen molar-refractivity contribution in [2.45, 2.75) is 25.7 Å². The molecule has 0 unspecified atom stereocenters. The van der Waals surface area contributed by atoms with E-state index in [1.807, 2.05) is 23.1 Å². The molecule has 7 nitrogen and oxygen atoms in total. The Morgan fingerprint density at radius 3 is 2.35 bits per heavy atom. The molecule has 1 aliphatic heterocycles. The molecule has 2 amide bonds. The minimum atomic E-state index is -0.368. The number of rotatable bonds is 6. The van der Waals surface area contributed by atoms with Gasteiger partial charge in [-0.05, 0) is 49.2 Å². The van der Waals surface area contributed by atoms with E-state index in [9.17, 15) is 9.59 Å². The summed E-state index contributed by atoms with van der Waals surface area (Å²) in [6, 6.07) is 14.3. The average Bonchev–Trinajstić information content (AvgIpc) is 2.97. The van der Waals surface area contributed by atoms with Gasteiger partial charge in [0.05, 0.1) is 7.11 Å². The Morgan fingerprint density at radius 2 is 1.65 bits per heavy atom. The third kappa shape index (κ3) is 4.82. The van der Waals surface area contributed by atoms with E-state index in [2.05, 4.69) is 5.32 Å². The van der Waals surface area contributed by atoms with Crippen LogP contribution in [0, 0.1) is 0 Å². The number of amides is 2. The molecule has 1 saturated heterocycles. The van der Waals surface area contributed by atoms with Gasteiger partial charge in [0.1, 0.15) is 22.8 Å². The quantitative estimate of drug-likeness (QED) is 0.634. The van der Waals surface area contributed by atoms with Crippen molar-refractivity contribution in [2.75, 3.05) is 32.1 Å². The molecule has 2 aromatic carbocycles. The number of benzene rings is 2. The van der Waals surface area contributed by atoms with Gasteiger partial charge in [0, 0.05) is 18.5 Å². The van der Waals surface area contributed by atoms with E-state index >= 15 is 0 Å². The number of hydrogen-bond donors (Lipinski definition) is 1. The molecule has 4 rings (SSSR count). The highest BCUT2D eigenvalue weighted by Gasteiger charge is 2.27. The summed E-state index contributed by atoms with van der Waals surface area (Å²) >= 11 is 0. The number of methoxy groups -OCH3 is 1. The number of para-hydroxylation sites is 1. The fourth-order valence-electron chi connectivity index (χ4n) is 3.73. The highest BCUT2D eigenvalue weighted by molar-refractivity contribution is 6.11. The molecule has 0 saturated carbocycles. The lowest BCUT2D eigenvalue weighted by Crippen LogP contribution is -2.32. The number of nitrogens with zero attached hydrogens (tertiary/aromatic N) is 1. The fraction of sp³-hybridized carbons (Fsp3) is 0.333. The first-order valence-corrected chi connectivity index (χ1v) is 10.5. The van der Waals surface area contributed by atoms with Gasteiger partial charge >= 0.3 is 0 Å². The number of nitrogens with one attached hydrogen (secondary N) is 1. The van der Waals surface area contributed by atoms with Crippen molar-refractivity contribution in [1.82, 2.24) is 4.90 Å². The van der Waals surface area contributed by atoms with Gasteiger partial charge in [-0.15, -0.1) is 0 Å². The number of anilines is 1. The van der Waals surface area contributed by atoms with Crippen LogP contribution in [0.3, 0.4) is 0 Å². The molecule has 0 bridgehead atoms. The largest absolute Gasteiger partial charge is 0.497 e. The Kier molecular flexibility index (Phi) is 6.40. The second-order valence-electron chi connectivity index (χ2n) is 7.52. The molecule has 31 heavy (non-hydrogen) atoms. The summed E-state index contributed by atoms with van der Waals surface area (Å²) in [5.41, 5.74) is 0.959. The zero-order valence-corrected chi connectivity index (χ0v) is 17.6. The number of carbonyl (C=O) groups excluding carboxylic acids is 2. The van der Waals surface area contributed by atoms with Gasteiger partial charge < -0.3 is 24.1 Å². The van der Waals surface area contributed by atoms with Gasteiger partial charge in [-0.2, -0.15) is 0 Å². The van der Waals surface area contributed by atoms with E-state index in [-0.39, 0.29) is 24.2 Å². The van der Waals surface area contributed by atoms with Crippen molar-refractivity contribution in [1.29, 1.82) is 0 Å². The Balaban J connectivity index is 1.52. The predicted octanol–water partition coefficient (Wildman–Crippen LogP) is 4.48. The first-order chi connectivity index (χ1) is 15.2. The molecule has 7 heteroatoms. The van der Waals surface area contributed by atoms with Crippen LogP contribution in [0.25, 0.3) is 11.0 Å². The van der Waals surface area contributed by atoms with E-state index in [0.717, 1.165) is 25.7 Å². The van der Waals surface area contributed by atoms with Crippen LogP contribution in [0.5, 0.6) is 11.5 Å². The third-order valence-electron chi connectivity index (χ3n) is 5.38. The van der Waals surface area contributed by atoms with Crippen molar-refractivity contribution < 1.29 is 23.5 Å². The normalized spacial score (nSPS) is 14.2. The smallest absolute Gasteiger partial charge is 0.291 e. The highest BCUT2D eigenvalue weighted by atomic mass is 16.5. The summed E-state index contributed by atoms with van der Waals surface area (Å²) in [6.07, 6.45) is 4.19. The molecule has 1 aromatic heterocycles. The lowest BCUT2D eigenvalue weighted by atomic mass is 10.2. The summed E-state index contributed by atoms with van der Waals surface area (Å²) in [6.45, 7) is 1.21. The number of likely N-dealkylation sites (tertiary alicyclic amines) is 1. The lowest BCUT2D eigenvalue weighted by Gasteiger charge is -2.19. The van der Waals surface area contributed by atoms with Crippen molar-refractivity contribution in [3.63, 3.8) is 0 Å². The standard InChI is InChI=1S/C24H26N2O5/c1-29-17-10-12-18(13-11-17)30-16-21(27)25-22-19-8-4-5-9-20(19)31-23(22)24(28)26-14-6-2-3-7-15-26/h4-5,8-13H,2-3,6-7,14-16H2,1H3,(H,25,27). The first-order valence-electron chi connectivity index (χ1n) is 10.5. The van der Waals surface area contributed by atoms with E-state index in [4.69, 9.17) is 13.9 Å². The van der Waals surface area contributed by atoms with Gasteiger partial charge in [0.15, 0.2) is 6.61 Å². The SMILES string of the molecule is COc1ccc(OCC(=O)Nc2c(C(=O)N3CCCCCC3)oc3ccccc23)cc1. The summed E-state index contributed by atoms with van der Waals surface area (Å²) in [5, 5.41) is 3.53. The zero-order valence-electron chi connectivity index (χ0n) is 17.6. The minimum Gasteiger partial charge on any atom is -0.497 e. The molecule has 1 fully saturated rings. The van der Waals surface area contributed by atoms with Crippen LogP contribution in [0.4, 0.5) is 5.69 Å². The molecule has 1 aliphatic rings. The van der Waals surface area contributed by atoms with E-state index < -0.39 is 0 Å². The predicted molar refractivity (Wildman–Crippen MR) is 118 cm³/mol. The summed E-state index contributed by atoms with van der Waals surface area (Å²) in [5.74, 6) is 0.866. The second-order valence-corrected chi connectivity index (χ2v) is 7.52. The molecule has 0 atom stereocenters. The molecular weight excluding hydrogens is 396 g/mol. The Morgan fingerprint density at radius 1 is 0.968 bits per heavy atom. The maximum atomic E-state index is 13.2. The molecule has 0 aliphatic carbocycles. The zero-order chi connectivity index (χ0) is 21.6. The number of fused-ring (bicyclic) bond motifs is 1. The van der Waals surface area contributed by atoms with Gasteiger partial charge in [-0.1, -0.05) is 25.0 Å². The van der Waals surface area contributed by atoms with E-state index in [1.165, 1.54) is 0 Å². The lowest BCUT2D eigenvalue weighted by molar-refractivity contribution is -0.118. The van der Waals surface area contributed by atoms with Crippen LogP contribution in [-0.2, 0) is 4.79 Å². The molecule has 1 N–H and O–H groups in total. The van der Waals surface area contributed by atoms with Crippen LogP contribution in [0.2, 0.25) is 0 Å². The van der Waals surface area contributed by atoms with E-state index in [1.54, 1.807) is 37.4 Å². The summed E-state index contributed by atoms with van der Waals surface area (Å²) < 4.78 is 16.6. The third-order valence-corrected chi connectivity index (χ3v) is 5.38. The number of hydrogen-bond acceptors (Lipinski definition) is 5. The van der Waals surface area contributed by atoms with Crippen molar-refractivity contribution in [3.05, 3.63) is 54.3 Å². The van der Waals surface area contributed by atoms with E-state index in [0.29, 0.717) is 41.2 Å². The van der Waals surface area contributed by atoms with Crippen LogP contribution < -0.4 is 14.8 Å². The topological polar surface area (TPSA) is 81.0 Å². The summed E-state index contributed by atoms with van der Waals surface area (Å²) in [4.78, 5) is 27.6. The molecule has 2 heterocycles. The molecule has 0 radical (unpaired) electrons. The maximum absolute atomic E-state index is 13.2. The molecule has 162 valence electrons. The first kappa shape index (κ1) is 20.8.